The molecule has 0 bridgehead atoms. The Balaban J connectivity index is 1.18. The van der Waals surface area contributed by atoms with Crippen LogP contribution < -0.4 is 4.74 Å². The van der Waals surface area contributed by atoms with Gasteiger partial charge >= 0.3 is 0 Å². The first-order valence-corrected chi connectivity index (χ1v) is 21.1. The normalized spacial score (nSPS) is 14.2. The smallest absolute Gasteiger partial charge is 0.132 e. The molecule has 0 fully saturated rings. The van der Waals surface area contributed by atoms with Gasteiger partial charge in [-0.25, -0.2) is 0 Å². The number of para-hydroxylation sites is 2. The molecule has 10 aromatic carbocycles. The lowest BCUT2D eigenvalue weighted by Crippen LogP contribution is -2.33. The van der Waals surface area contributed by atoms with Gasteiger partial charge in [0.2, 0.25) is 0 Å². The zero-order chi connectivity index (χ0) is 39.4. The van der Waals surface area contributed by atoms with Gasteiger partial charge in [0.25, 0.3) is 0 Å². The van der Waals surface area contributed by atoms with Crippen LogP contribution in [0.3, 0.4) is 0 Å². The zero-order valence-corrected chi connectivity index (χ0v) is 33.0. The molecule has 2 aliphatic carbocycles. The predicted octanol–water partition coefficient (Wildman–Crippen LogP) is 15.4. The van der Waals surface area contributed by atoms with E-state index < -0.39 is 5.41 Å². The molecule has 0 saturated heterocycles. The fourth-order valence-electron chi connectivity index (χ4n) is 11.3. The summed E-state index contributed by atoms with van der Waals surface area (Å²) < 4.78 is 6.87. The highest BCUT2D eigenvalue weighted by atomic mass is 16.5. The molecule has 0 amide bonds. The molecule has 0 saturated carbocycles. The minimum absolute atomic E-state index is 0.617. The molecule has 0 unspecified atom stereocenters. The number of allylic oxidation sites excluding steroid dienone is 1. The van der Waals surface area contributed by atoms with E-state index in [1.165, 1.54) is 110 Å². The standard InChI is InChI=1S/C59H38O/c1-3-17-37(18-4-1)39-31-33-47-49(35-39)41-21-7-8-22-42(41)57-48-34-32-40(36-52(48)59(58(47)57)50-27-13-15-29-53(50)60-54-30-16-14-28-51(54)59)56-45-25-11-9-23-43(45)55(38-19-5-2-6-20-38)44-24-10-12-26-46(44)56/h1-30,32,34-36H,31,33H2. The fraction of sp³-hybridized carbons (Fsp3) is 0.0508. The van der Waals surface area contributed by atoms with Crippen molar-refractivity contribution in [1.82, 2.24) is 0 Å². The maximum atomic E-state index is 6.87. The molecule has 10 aromatic rings. The lowest BCUT2D eigenvalue weighted by Gasteiger charge is -2.41. The largest absolute Gasteiger partial charge is 0.457 e. The van der Waals surface area contributed by atoms with Gasteiger partial charge in [0.15, 0.2) is 0 Å². The molecule has 1 aliphatic heterocycles. The van der Waals surface area contributed by atoms with Gasteiger partial charge in [-0.15, -0.1) is 0 Å². The topological polar surface area (TPSA) is 9.23 Å². The van der Waals surface area contributed by atoms with Crippen LogP contribution in [-0.2, 0) is 11.8 Å². The average Bonchev–Trinajstić information content (AvgIpc) is 3.62. The molecule has 60 heavy (non-hydrogen) atoms. The number of ether oxygens (including phenoxy) is 1. The predicted molar refractivity (Wildman–Crippen MR) is 250 cm³/mol. The van der Waals surface area contributed by atoms with E-state index in [9.17, 15) is 0 Å². The second kappa shape index (κ2) is 12.8. The molecular weight excluding hydrogens is 725 g/mol. The summed E-state index contributed by atoms with van der Waals surface area (Å²) in [6.45, 7) is 0. The summed E-state index contributed by atoms with van der Waals surface area (Å²) >= 11 is 0. The highest BCUT2D eigenvalue weighted by Gasteiger charge is 2.53. The molecule has 1 heterocycles. The summed E-state index contributed by atoms with van der Waals surface area (Å²) in [5.41, 5.74) is 17.6. The van der Waals surface area contributed by atoms with E-state index in [1.54, 1.807) is 0 Å². The molecule has 13 rings (SSSR count). The van der Waals surface area contributed by atoms with Gasteiger partial charge in [0, 0.05) is 11.1 Å². The second-order valence-corrected chi connectivity index (χ2v) is 16.5. The molecule has 280 valence electrons. The summed E-state index contributed by atoms with van der Waals surface area (Å²) in [4.78, 5) is 0. The highest BCUT2D eigenvalue weighted by molar-refractivity contribution is 6.22. The van der Waals surface area contributed by atoms with Crippen LogP contribution in [0.5, 0.6) is 11.5 Å². The van der Waals surface area contributed by atoms with Gasteiger partial charge in [0.1, 0.15) is 11.5 Å². The van der Waals surface area contributed by atoms with Gasteiger partial charge < -0.3 is 4.74 Å². The van der Waals surface area contributed by atoms with Crippen molar-refractivity contribution in [2.24, 2.45) is 0 Å². The monoisotopic (exact) mass is 762 g/mol. The van der Waals surface area contributed by atoms with E-state index in [0.29, 0.717) is 0 Å². The lowest BCUT2D eigenvalue weighted by molar-refractivity contribution is 0.436. The number of fused-ring (bicyclic) bond motifs is 16. The maximum absolute atomic E-state index is 6.87. The molecule has 1 heteroatoms. The molecule has 1 spiro atoms. The number of rotatable bonds is 3. The van der Waals surface area contributed by atoms with Crippen molar-refractivity contribution in [1.29, 1.82) is 0 Å². The Hall–Kier alpha value is -7.48. The summed E-state index contributed by atoms with van der Waals surface area (Å²) in [7, 11) is 0. The number of hydrogen-bond acceptors (Lipinski definition) is 1. The quantitative estimate of drug-likeness (QED) is 0.163. The van der Waals surface area contributed by atoms with E-state index in [-0.39, 0.29) is 0 Å². The van der Waals surface area contributed by atoms with Gasteiger partial charge in [0.05, 0.1) is 5.41 Å². The summed E-state index contributed by atoms with van der Waals surface area (Å²) in [6.07, 6.45) is 4.43. The summed E-state index contributed by atoms with van der Waals surface area (Å²) in [5, 5.41) is 7.65. The van der Waals surface area contributed by atoms with Gasteiger partial charge in [-0.1, -0.05) is 188 Å². The Bertz CT molecular complexity index is 3340. The Morgan fingerprint density at radius 3 is 1.45 bits per heavy atom. The average molecular weight is 763 g/mol. The first kappa shape index (κ1) is 33.5. The van der Waals surface area contributed by atoms with E-state index >= 15 is 0 Å². The van der Waals surface area contributed by atoms with Crippen LogP contribution in [0.25, 0.3) is 77.3 Å². The molecule has 1 nitrogen and oxygen atoms in total. The van der Waals surface area contributed by atoms with Crippen molar-refractivity contribution in [3.8, 4) is 44.9 Å². The molecule has 3 aliphatic rings. The van der Waals surface area contributed by atoms with Crippen molar-refractivity contribution in [3.63, 3.8) is 0 Å². The molecule has 0 N–H and O–H groups in total. The molecular formula is C59H38O. The van der Waals surface area contributed by atoms with Gasteiger partial charge in [-0.2, -0.15) is 0 Å². The third kappa shape index (κ3) is 4.52. The third-order valence-corrected chi connectivity index (χ3v) is 13.6. The van der Waals surface area contributed by atoms with Crippen molar-refractivity contribution in [2.75, 3.05) is 0 Å². The first-order valence-electron chi connectivity index (χ1n) is 21.1. The Morgan fingerprint density at radius 1 is 0.367 bits per heavy atom. The third-order valence-electron chi connectivity index (χ3n) is 13.6. The van der Waals surface area contributed by atoms with Gasteiger partial charge in [-0.3, -0.25) is 0 Å². The summed E-state index contributed by atoms with van der Waals surface area (Å²) in [5.74, 6) is 1.84. The van der Waals surface area contributed by atoms with Crippen LogP contribution in [0, 0.1) is 0 Å². The van der Waals surface area contributed by atoms with Crippen LogP contribution in [0.1, 0.15) is 45.4 Å². The van der Waals surface area contributed by atoms with Crippen LogP contribution in [0.4, 0.5) is 0 Å². The van der Waals surface area contributed by atoms with Crippen LogP contribution in [-0.4, -0.2) is 0 Å². The van der Waals surface area contributed by atoms with Crippen LogP contribution >= 0.6 is 0 Å². The SMILES string of the molecule is C1=C(c2ccccc2)CCc2c3c(c4ccccc4c21)-c1ccc(-c2c4ccccc4c(-c4ccccc4)c4ccccc24)cc1C31c2ccccc2Oc2ccccc21. The number of benzene rings is 10. The lowest BCUT2D eigenvalue weighted by atomic mass is 9.63. The van der Waals surface area contributed by atoms with Crippen LogP contribution in [0.2, 0.25) is 0 Å². The minimum Gasteiger partial charge on any atom is -0.457 e. The zero-order valence-electron chi connectivity index (χ0n) is 33.0. The van der Waals surface area contributed by atoms with E-state index in [1.807, 2.05) is 0 Å². The molecule has 0 radical (unpaired) electrons. The maximum Gasteiger partial charge on any atom is 0.132 e. The molecule has 0 aromatic heterocycles. The first-order chi connectivity index (χ1) is 29.8. The van der Waals surface area contributed by atoms with Crippen molar-refractivity contribution >= 4 is 44.0 Å². The highest BCUT2D eigenvalue weighted by Crippen LogP contribution is 2.65. The van der Waals surface area contributed by atoms with Crippen molar-refractivity contribution in [2.45, 2.75) is 18.3 Å². The van der Waals surface area contributed by atoms with Crippen molar-refractivity contribution < 1.29 is 4.74 Å². The van der Waals surface area contributed by atoms with E-state index in [4.69, 9.17) is 4.74 Å². The Labute approximate surface area is 349 Å². The van der Waals surface area contributed by atoms with Crippen LogP contribution in [0.15, 0.2) is 200 Å². The van der Waals surface area contributed by atoms with E-state index in [0.717, 1.165) is 24.3 Å². The summed E-state index contributed by atoms with van der Waals surface area (Å²) in [6, 6.07) is 74.0. The van der Waals surface area contributed by atoms with Gasteiger partial charge in [-0.05, 0) is 130 Å². The molecule has 0 atom stereocenters. The Kier molecular flexibility index (Phi) is 7.12. The van der Waals surface area contributed by atoms with Crippen molar-refractivity contribution in [3.05, 3.63) is 239 Å². The Morgan fingerprint density at radius 2 is 0.850 bits per heavy atom. The minimum atomic E-state index is -0.617. The second-order valence-electron chi connectivity index (χ2n) is 16.5. The number of hydrogen-bond donors (Lipinski definition) is 0. The van der Waals surface area contributed by atoms with E-state index in [2.05, 4.69) is 206 Å². The fourth-order valence-corrected chi connectivity index (χ4v) is 11.3.